The minimum Gasteiger partial charge on any atom is -0.388 e. The van der Waals surface area contributed by atoms with Gasteiger partial charge in [-0.1, -0.05) is 43.3 Å². The van der Waals surface area contributed by atoms with Crippen molar-refractivity contribution in [1.82, 2.24) is 0 Å². The van der Waals surface area contributed by atoms with E-state index < -0.39 is 0 Å². The first-order valence-corrected chi connectivity index (χ1v) is 4.59. The van der Waals surface area contributed by atoms with Crippen LogP contribution in [0.3, 0.4) is 0 Å². The van der Waals surface area contributed by atoms with E-state index in [0.717, 1.165) is 12.0 Å². The Kier molecular flexibility index (Phi) is 3.71. The molecule has 0 saturated heterocycles. The first-order valence-electron chi connectivity index (χ1n) is 4.59. The summed E-state index contributed by atoms with van der Waals surface area (Å²) in [4.78, 5) is 0. The molecule has 70 valence electrons. The van der Waals surface area contributed by atoms with E-state index in [2.05, 4.69) is 6.58 Å². The van der Waals surface area contributed by atoms with Crippen molar-refractivity contribution in [2.24, 2.45) is 5.92 Å². The Labute approximate surface area is 79.7 Å². The molecule has 0 spiro atoms. The number of hydrogen-bond acceptors (Lipinski definition) is 1. The first-order chi connectivity index (χ1) is 6.25. The minimum atomic E-state index is -0.376. The zero-order valence-electron chi connectivity index (χ0n) is 7.98. The maximum atomic E-state index is 9.87. The van der Waals surface area contributed by atoms with Crippen molar-refractivity contribution in [1.29, 1.82) is 0 Å². The molecule has 1 aromatic carbocycles. The molecule has 1 N–H and O–H groups in total. The number of aliphatic hydroxyl groups excluding tert-OH is 1. The summed E-state index contributed by atoms with van der Waals surface area (Å²) in [6, 6.07) is 9.74. The molecule has 0 aliphatic rings. The molecule has 1 heteroatoms. The van der Waals surface area contributed by atoms with Crippen molar-refractivity contribution in [3.8, 4) is 0 Å². The van der Waals surface area contributed by atoms with Gasteiger partial charge in [-0.25, -0.2) is 0 Å². The summed E-state index contributed by atoms with van der Waals surface area (Å²) < 4.78 is 0. The third-order valence-corrected chi connectivity index (χ3v) is 2.22. The van der Waals surface area contributed by atoms with Crippen LogP contribution >= 0.6 is 0 Å². The first kappa shape index (κ1) is 10.0. The van der Waals surface area contributed by atoms with Gasteiger partial charge >= 0.3 is 0 Å². The third kappa shape index (κ3) is 2.71. The van der Waals surface area contributed by atoms with Crippen LogP contribution in [-0.2, 0) is 0 Å². The van der Waals surface area contributed by atoms with Gasteiger partial charge in [0.05, 0.1) is 6.10 Å². The van der Waals surface area contributed by atoms with Crippen LogP contribution < -0.4 is 0 Å². The fourth-order valence-corrected chi connectivity index (χ4v) is 1.37. The molecule has 1 nitrogen and oxygen atoms in total. The highest BCUT2D eigenvalue weighted by molar-refractivity contribution is 5.17. The molecule has 2 unspecified atom stereocenters. The molecule has 1 aromatic rings. The van der Waals surface area contributed by atoms with Gasteiger partial charge in [0.15, 0.2) is 0 Å². The van der Waals surface area contributed by atoms with Gasteiger partial charge in [0.1, 0.15) is 0 Å². The molecule has 0 radical (unpaired) electrons. The molecule has 0 aliphatic heterocycles. The molecule has 13 heavy (non-hydrogen) atoms. The maximum absolute atomic E-state index is 9.87. The van der Waals surface area contributed by atoms with Crippen LogP contribution in [0.1, 0.15) is 25.0 Å². The number of hydrogen-bond donors (Lipinski definition) is 1. The highest BCUT2D eigenvalue weighted by Crippen LogP contribution is 2.23. The molecule has 0 saturated carbocycles. The Morgan fingerprint density at radius 3 is 2.54 bits per heavy atom. The zero-order valence-corrected chi connectivity index (χ0v) is 7.98. The summed E-state index contributed by atoms with van der Waals surface area (Å²) in [5.41, 5.74) is 0.983. The molecular weight excluding hydrogens is 160 g/mol. The summed E-state index contributed by atoms with van der Waals surface area (Å²) in [5, 5.41) is 9.87. The van der Waals surface area contributed by atoms with E-state index in [1.165, 1.54) is 0 Å². The second-order valence-electron chi connectivity index (χ2n) is 3.36. The fraction of sp³-hybridized carbons (Fsp3) is 0.333. The van der Waals surface area contributed by atoms with Gasteiger partial charge in [0.2, 0.25) is 0 Å². The van der Waals surface area contributed by atoms with Crippen molar-refractivity contribution < 1.29 is 5.11 Å². The lowest BCUT2D eigenvalue weighted by atomic mass is 9.95. The molecular formula is C12H16O. The summed E-state index contributed by atoms with van der Waals surface area (Å²) in [7, 11) is 0. The molecule has 0 fully saturated rings. The number of aliphatic hydroxyl groups is 1. The number of benzene rings is 1. The van der Waals surface area contributed by atoms with Gasteiger partial charge in [-0.05, 0) is 17.9 Å². The Morgan fingerprint density at radius 1 is 1.38 bits per heavy atom. The van der Waals surface area contributed by atoms with E-state index in [1.807, 2.05) is 43.3 Å². The van der Waals surface area contributed by atoms with Gasteiger partial charge in [-0.2, -0.15) is 0 Å². The lowest BCUT2D eigenvalue weighted by Gasteiger charge is -2.17. The second-order valence-corrected chi connectivity index (χ2v) is 3.36. The molecule has 0 amide bonds. The monoisotopic (exact) mass is 176 g/mol. The van der Waals surface area contributed by atoms with E-state index in [1.54, 1.807) is 0 Å². The van der Waals surface area contributed by atoms with E-state index in [9.17, 15) is 5.11 Å². The minimum absolute atomic E-state index is 0.236. The molecule has 1 rings (SSSR count). The molecule has 2 atom stereocenters. The fourth-order valence-electron chi connectivity index (χ4n) is 1.37. The standard InChI is InChI=1S/C12H16O/c1-3-7-10(2)12(13)11-8-5-4-6-9-11/h3-6,8-10,12-13H,1,7H2,2H3. The second kappa shape index (κ2) is 4.83. The van der Waals surface area contributed by atoms with E-state index in [0.29, 0.717) is 0 Å². The lowest BCUT2D eigenvalue weighted by molar-refractivity contribution is 0.119. The number of rotatable bonds is 4. The Balaban J connectivity index is 2.67. The van der Waals surface area contributed by atoms with Crippen LogP contribution in [-0.4, -0.2) is 5.11 Å². The van der Waals surface area contributed by atoms with Gasteiger partial charge in [-0.15, -0.1) is 6.58 Å². The van der Waals surface area contributed by atoms with E-state index >= 15 is 0 Å². The normalized spacial score (nSPS) is 14.9. The average Bonchev–Trinajstić information content (AvgIpc) is 2.18. The van der Waals surface area contributed by atoms with Crippen molar-refractivity contribution in [3.63, 3.8) is 0 Å². The molecule has 0 bridgehead atoms. The zero-order chi connectivity index (χ0) is 9.68. The Morgan fingerprint density at radius 2 is 2.00 bits per heavy atom. The third-order valence-electron chi connectivity index (χ3n) is 2.22. The van der Waals surface area contributed by atoms with Crippen molar-refractivity contribution in [3.05, 3.63) is 48.6 Å². The lowest BCUT2D eigenvalue weighted by Crippen LogP contribution is -2.07. The predicted octanol–water partition coefficient (Wildman–Crippen LogP) is 2.93. The molecule has 0 aliphatic carbocycles. The average molecular weight is 176 g/mol. The largest absolute Gasteiger partial charge is 0.388 e. The SMILES string of the molecule is C=CCC(C)C(O)c1ccccc1. The van der Waals surface area contributed by atoms with Gasteiger partial charge in [-0.3, -0.25) is 0 Å². The van der Waals surface area contributed by atoms with E-state index in [-0.39, 0.29) is 12.0 Å². The van der Waals surface area contributed by atoms with Crippen LogP contribution in [0.25, 0.3) is 0 Å². The summed E-state index contributed by atoms with van der Waals surface area (Å²) in [6.45, 7) is 5.69. The molecule has 0 heterocycles. The number of allylic oxidation sites excluding steroid dienone is 1. The van der Waals surface area contributed by atoms with Crippen molar-refractivity contribution in [2.45, 2.75) is 19.4 Å². The maximum Gasteiger partial charge on any atom is 0.0818 e. The van der Waals surface area contributed by atoms with Crippen molar-refractivity contribution >= 4 is 0 Å². The van der Waals surface area contributed by atoms with Gasteiger partial charge in [0.25, 0.3) is 0 Å². The van der Waals surface area contributed by atoms with E-state index in [4.69, 9.17) is 0 Å². The highest BCUT2D eigenvalue weighted by Gasteiger charge is 2.13. The van der Waals surface area contributed by atoms with Crippen LogP contribution in [0.15, 0.2) is 43.0 Å². The van der Waals surface area contributed by atoms with Crippen LogP contribution in [0.5, 0.6) is 0 Å². The van der Waals surface area contributed by atoms with Crippen molar-refractivity contribution in [2.75, 3.05) is 0 Å². The predicted molar refractivity (Wildman–Crippen MR) is 55.4 cm³/mol. The van der Waals surface area contributed by atoms with Gasteiger partial charge in [0, 0.05) is 0 Å². The van der Waals surface area contributed by atoms with Crippen LogP contribution in [0, 0.1) is 5.92 Å². The summed E-state index contributed by atoms with van der Waals surface area (Å²) in [5.74, 6) is 0.236. The van der Waals surface area contributed by atoms with Crippen LogP contribution in [0.4, 0.5) is 0 Å². The smallest absolute Gasteiger partial charge is 0.0818 e. The highest BCUT2D eigenvalue weighted by atomic mass is 16.3. The Hall–Kier alpha value is -1.08. The summed E-state index contributed by atoms with van der Waals surface area (Å²) in [6.07, 6.45) is 2.31. The van der Waals surface area contributed by atoms with Gasteiger partial charge < -0.3 is 5.11 Å². The van der Waals surface area contributed by atoms with Crippen LogP contribution in [0.2, 0.25) is 0 Å². The quantitative estimate of drug-likeness (QED) is 0.699. The summed E-state index contributed by atoms with van der Waals surface area (Å²) >= 11 is 0. The Bertz CT molecular complexity index is 253. The molecule has 0 aromatic heterocycles. The topological polar surface area (TPSA) is 20.2 Å².